The number of rotatable bonds is 2. The van der Waals surface area contributed by atoms with Gasteiger partial charge in [-0.2, -0.15) is 18.3 Å². The van der Waals surface area contributed by atoms with E-state index in [2.05, 4.69) is 26.1 Å². The number of nitrogen functional groups attached to an aromatic ring is 1. The molecule has 1 atom stereocenters. The first-order valence-corrected chi connectivity index (χ1v) is 5.75. The zero-order valence-corrected chi connectivity index (χ0v) is 10.8. The number of hydrogen-bond donors (Lipinski definition) is 2. The summed E-state index contributed by atoms with van der Waals surface area (Å²) in [5.41, 5.74) is 6.10. The van der Waals surface area contributed by atoms with E-state index in [0.29, 0.717) is 15.4 Å². The SMILES string of the molecule is C[C@H](Oc1cc(Br)cc2[nH]nc(N)c12)C(F)(F)F. The van der Waals surface area contributed by atoms with Gasteiger partial charge in [-0.15, -0.1) is 0 Å². The topological polar surface area (TPSA) is 63.9 Å². The Morgan fingerprint density at radius 3 is 2.72 bits per heavy atom. The van der Waals surface area contributed by atoms with Crippen LogP contribution in [0.4, 0.5) is 19.0 Å². The summed E-state index contributed by atoms with van der Waals surface area (Å²) in [4.78, 5) is 0. The second kappa shape index (κ2) is 4.34. The summed E-state index contributed by atoms with van der Waals surface area (Å²) < 4.78 is 42.9. The van der Waals surface area contributed by atoms with Crippen LogP contribution in [-0.4, -0.2) is 22.5 Å². The van der Waals surface area contributed by atoms with Crippen LogP contribution in [0, 0.1) is 0 Å². The maximum absolute atomic E-state index is 12.5. The van der Waals surface area contributed by atoms with Crippen molar-refractivity contribution < 1.29 is 17.9 Å². The highest BCUT2D eigenvalue weighted by molar-refractivity contribution is 9.10. The summed E-state index contributed by atoms with van der Waals surface area (Å²) in [6, 6.07) is 3.08. The molecule has 1 aromatic carbocycles. The molecule has 1 aromatic heterocycles. The van der Waals surface area contributed by atoms with Crippen LogP contribution in [0.25, 0.3) is 10.9 Å². The van der Waals surface area contributed by atoms with Gasteiger partial charge in [-0.05, 0) is 19.1 Å². The fraction of sp³-hybridized carbons (Fsp3) is 0.300. The molecule has 0 fully saturated rings. The van der Waals surface area contributed by atoms with E-state index >= 15 is 0 Å². The molecule has 0 saturated heterocycles. The first-order valence-electron chi connectivity index (χ1n) is 4.95. The quantitative estimate of drug-likeness (QED) is 0.891. The van der Waals surface area contributed by atoms with Crippen molar-refractivity contribution in [2.75, 3.05) is 5.73 Å². The highest BCUT2D eigenvalue weighted by atomic mass is 79.9. The number of nitrogens with two attached hydrogens (primary N) is 1. The van der Waals surface area contributed by atoms with Gasteiger partial charge in [0.15, 0.2) is 11.9 Å². The molecule has 3 N–H and O–H groups in total. The van der Waals surface area contributed by atoms with Gasteiger partial charge in [0.05, 0.1) is 10.9 Å². The van der Waals surface area contributed by atoms with Crippen molar-refractivity contribution >= 4 is 32.7 Å². The van der Waals surface area contributed by atoms with E-state index in [1.54, 1.807) is 6.07 Å². The van der Waals surface area contributed by atoms with E-state index in [9.17, 15) is 13.2 Å². The van der Waals surface area contributed by atoms with Crippen LogP contribution in [-0.2, 0) is 0 Å². The van der Waals surface area contributed by atoms with Crippen LogP contribution in [0.15, 0.2) is 16.6 Å². The number of nitrogens with zero attached hydrogens (tertiary/aromatic N) is 1. The van der Waals surface area contributed by atoms with Gasteiger partial charge in [-0.1, -0.05) is 15.9 Å². The highest BCUT2D eigenvalue weighted by Gasteiger charge is 2.38. The second-order valence-corrected chi connectivity index (χ2v) is 4.65. The average Bonchev–Trinajstić information content (AvgIpc) is 2.58. The van der Waals surface area contributed by atoms with Gasteiger partial charge in [0.1, 0.15) is 5.75 Å². The summed E-state index contributed by atoms with van der Waals surface area (Å²) in [6.07, 6.45) is -6.36. The third-order valence-electron chi connectivity index (χ3n) is 2.38. The number of ether oxygens (including phenoxy) is 1. The number of halogens is 4. The number of H-pyrrole nitrogens is 1. The Morgan fingerprint density at radius 2 is 2.11 bits per heavy atom. The minimum atomic E-state index is -4.44. The lowest BCUT2D eigenvalue weighted by atomic mass is 10.2. The summed E-state index contributed by atoms with van der Waals surface area (Å²) in [5.74, 6) is 0.136. The molecule has 4 nitrogen and oxygen atoms in total. The molecule has 1 heterocycles. The molecule has 0 amide bonds. The molecule has 0 bridgehead atoms. The van der Waals surface area contributed by atoms with Crippen LogP contribution in [0.5, 0.6) is 5.75 Å². The fourth-order valence-corrected chi connectivity index (χ4v) is 1.90. The lowest BCUT2D eigenvalue weighted by Gasteiger charge is -2.18. The highest BCUT2D eigenvalue weighted by Crippen LogP contribution is 2.35. The zero-order valence-electron chi connectivity index (χ0n) is 9.18. The van der Waals surface area contributed by atoms with Crippen molar-refractivity contribution in [1.82, 2.24) is 10.2 Å². The number of benzene rings is 1. The third-order valence-corrected chi connectivity index (χ3v) is 2.84. The van der Waals surface area contributed by atoms with Gasteiger partial charge in [0, 0.05) is 4.47 Å². The van der Waals surface area contributed by atoms with Gasteiger partial charge in [0.25, 0.3) is 0 Å². The average molecular weight is 324 g/mol. The Kier molecular flexibility index (Phi) is 3.14. The number of aromatic nitrogens is 2. The minimum Gasteiger partial charge on any atom is -0.480 e. The van der Waals surface area contributed by atoms with Gasteiger partial charge in [-0.25, -0.2) is 0 Å². The summed E-state index contributed by atoms with van der Waals surface area (Å²) in [7, 11) is 0. The first-order chi connectivity index (χ1) is 8.29. The predicted octanol–water partition coefficient (Wildman–Crippen LogP) is 3.24. The van der Waals surface area contributed by atoms with E-state index in [0.717, 1.165) is 6.92 Å². The minimum absolute atomic E-state index is 0.0375. The Balaban J connectivity index is 2.47. The van der Waals surface area contributed by atoms with Crippen molar-refractivity contribution in [3.63, 3.8) is 0 Å². The predicted molar refractivity (Wildman–Crippen MR) is 64.4 cm³/mol. The number of hydrogen-bond acceptors (Lipinski definition) is 3. The second-order valence-electron chi connectivity index (χ2n) is 3.74. The molecule has 0 aliphatic heterocycles. The number of aromatic amines is 1. The Bertz CT molecular complexity index is 581. The van der Waals surface area contributed by atoms with Gasteiger partial charge in [-0.3, -0.25) is 5.10 Å². The molecule has 0 radical (unpaired) electrons. The van der Waals surface area contributed by atoms with Crippen molar-refractivity contribution in [3.05, 3.63) is 16.6 Å². The Labute approximate surface area is 108 Å². The summed E-state index contributed by atoms with van der Waals surface area (Å²) >= 11 is 3.18. The van der Waals surface area contributed by atoms with Gasteiger partial charge >= 0.3 is 6.18 Å². The molecule has 0 unspecified atom stereocenters. The molecule has 8 heteroatoms. The molecule has 0 aliphatic rings. The molecule has 18 heavy (non-hydrogen) atoms. The smallest absolute Gasteiger partial charge is 0.425 e. The summed E-state index contributed by atoms with van der Waals surface area (Å²) in [5, 5.41) is 6.69. The molecule has 0 spiro atoms. The molecule has 0 aliphatic carbocycles. The number of alkyl halides is 3. The van der Waals surface area contributed by atoms with E-state index in [1.165, 1.54) is 6.07 Å². The van der Waals surface area contributed by atoms with E-state index < -0.39 is 12.3 Å². The maximum Gasteiger partial charge on any atom is 0.425 e. The maximum atomic E-state index is 12.5. The number of fused-ring (bicyclic) bond motifs is 1. The van der Waals surface area contributed by atoms with Crippen LogP contribution in [0.2, 0.25) is 0 Å². The van der Waals surface area contributed by atoms with Crippen LogP contribution in [0.3, 0.4) is 0 Å². The first kappa shape index (κ1) is 13.0. The molecule has 2 aromatic rings. The monoisotopic (exact) mass is 323 g/mol. The third kappa shape index (κ3) is 2.38. The van der Waals surface area contributed by atoms with Crippen molar-refractivity contribution in [2.45, 2.75) is 19.2 Å². The number of nitrogens with one attached hydrogen (secondary N) is 1. The number of anilines is 1. The molecular formula is C10H9BrF3N3O. The normalized spacial score (nSPS) is 13.8. The van der Waals surface area contributed by atoms with E-state index in [-0.39, 0.29) is 11.6 Å². The van der Waals surface area contributed by atoms with Crippen molar-refractivity contribution in [3.8, 4) is 5.75 Å². The molecular weight excluding hydrogens is 315 g/mol. The van der Waals surface area contributed by atoms with Crippen molar-refractivity contribution in [2.24, 2.45) is 0 Å². The Hall–Kier alpha value is -1.44. The van der Waals surface area contributed by atoms with E-state index in [4.69, 9.17) is 10.5 Å². The van der Waals surface area contributed by atoms with Crippen LogP contribution >= 0.6 is 15.9 Å². The summed E-state index contributed by atoms with van der Waals surface area (Å²) in [6.45, 7) is 0.934. The Morgan fingerprint density at radius 1 is 1.44 bits per heavy atom. The van der Waals surface area contributed by atoms with Gasteiger partial charge < -0.3 is 10.5 Å². The van der Waals surface area contributed by atoms with Crippen LogP contribution < -0.4 is 10.5 Å². The van der Waals surface area contributed by atoms with Gasteiger partial charge in [0.2, 0.25) is 0 Å². The molecule has 0 saturated carbocycles. The van der Waals surface area contributed by atoms with Crippen LogP contribution in [0.1, 0.15) is 6.92 Å². The van der Waals surface area contributed by atoms with E-state index in [1.807, 2.05) is 0 Å². The fourth-order valence-electron chi connectivity index (χ4n) is 1.46. The van der Waals surface area contributed by atoms with Crippen molar-refractivity contribution in [1.29, 1.82) is 0 Å². The molecule has 2 rings (SSSR count). The zero-order chi connectivity index (χ0) is 13.5. The molecule has 98 valence electrons. The standard InChI is InChI=1S/C10H9BrF3N3O/c1-4(10(12,13)14)18-7-3-5(11)2-6-8(7)9(15)17-16-6/h2-4H,1H3,(H3,15,16,17)/t4-/m0/s1. The lowest BCUT2D eigenvalue weighted by Crippen LogP contribution is -2.31. The lowest BCUT2D eigenvalue weighted by molar-refractivity contribution is -0.188. The largest absolute Gasteiger partial charge is 0.480 e.